The number of aliphatic hydroxyl groups excluding tert-OH is 1. The molecule has 0 aromatic carbocycles. The molecule has 0 bridgehead atoms. The van der Waals surface area contributed by atoms with Gasteiger partial charge in [0, 0.05) is 5.41 Å². The van der Waals surface area contributed by atoms with Gasteiger partial charge in [0.2, 0.25) is 0 Å². The lowest BCUT2D eigenvalue weighted by molar-refractivity contribution is -0.202. The molecule has 23 heavy (non-hydrogen) atoms. The van der Waals surface area contributed by atoms with Crippen molar-refractivity contribution >= 4 is 0 Å². The van der Waals surface area contributed by atoms with E-state index in [-0.39, 0.29) is 18.3 Å². The molecule has 0 unspecified atom stereocenters. The molecule has 0 spiro atoms. The fourth-order valence-electron chi connectivity index (χ4n) is 1.92. The van der Waals surface area contributed by atoms with Crippen LogP contribution in [-0.2, 0) is 9.47 Å². The first-order valence-electron chi connectivity index (χ1n) is 8.04. The van der Waals surface area contributed by atoms with E-state index in [1.54, 1.807) is 0 Å². The maximum Gasteiger partial charge on any atom is 0.179 e. The molecule has 1 N–H and O–H groups in total. The van der Waals surface area contributed by atoms with Crippen molar-refractivity contribution in [2.24, 2.45) is 5.41 Å². The van der Waals surface area contributed by atoms with Gasteiger partial charge in [0.05, 0.1) is 19.8 Å². The highest BCUT2D eigenvalue weighted by Crippen LogP contribution is 2.25. The molecule has 128 valence electrons. The Morgan fingerprint density at radius 3 is 2.22 bits per heavy atom. The summed E-state index contributed by atoms with van der Waals surface area (Å²) in [6, 6.07) is 0. The summed E-state index contributed by atoms with van der Waals surface area (Å²) in [5, 5.41) is 8.91. The van der Waals surface area contributed by atoms with Gasteiger partial charge < -0.3 is 14.6 Å². The van der Waals surface area contributed by atoms with Gasteiger partial charge in [-0.3, -0.25) is 0 Å². The normalized spacial score (nSPS) is 21.6. The van der Waals surface area contributed by atoms with E-state index in [1.165, 1.54) is 0 Å². The van der Waals surface area contributed by atoms with Crippen molar-refractivity contribution in [1.82, 2.24) is 0 Å². The third-order valence-corrected chi connectivity index (χ3v) is 3.44. The Balaban J connectivity index is 2.49. The van der Waals surface area contributed by atoms with E-state index in [2.05, 4.69) is 13.8 Å². The molecule has 1 heterocycles. The van der Waals surface area contributed by atoms with Crippen LogP contribution in [-0.4, -0.2) is 31.2 Å². The van der Waals surface area contributed by atoms with Gasteiger partial charge in [-0.2, -0.15) is 0 Å². The van der Waals surface area contributed by atoms with Crippen molar-refractivity contribution < 1.29 is 14.6 Å². The number of ether oxygens (including phenoxy) is 2. The van der Waals surface area contributed by atoms with Gasteiger partial charge in [0.1, 0.15) is 0 Å². The molecule has 0 saturated carbocycles. The molecule has 1 rings (SSSR count). The number of rotatable bonds is 6. The van der Waals surface area contributed by atoms with Crippen LogP contribution in [0.15, 0.2) is 59.3 Å². The third kappa shape index (κ3) is 8.12. The highest BCUT2D eigenvalue weighted by molar-refractivity contribution is 5.27. The molecule has 1 saturated heterocycles. The molecule has 1 aliphatic heterocycles. The average Bonchev–Trinajstić information content (AvgIpc) is 2.51. The highest BCUT2D eigenvalue weighted by Gasteiger charge is 2.28. The molecule has 0 amide bonds. The van der Waals surface area contributed by atoms with Crippen LogP contribution < -0.4 is 0 Å². The van der Waals surface area contributed by atoms with Crippen LogP contribution >= 0.6 is 0 Å². The molecule has 0 radical (unpaired) electrons. The van der Waals surface area contributed by atoms with E-state index in [9.17, 15) is 0 Å². The number of allylic oxidation sites excluding steroid dienone is 8. The molecular weight excluding hydrogens is 288 g/mol. The Kier molecular flexibility index (Phi) is 8.24. The zero-order valence-electron chi connectivity index (χ0n) is 15.0. The average molecular weight is 318 g/mol. The molecule has 0 atom stereocenters. The maximum absolute atomic E-state index is 8.91. The monoisotopic (exact) mass is 318 g/mol. The number of hydrogen-bond acceptors (Lipinski definition) is 3. The van der Waals surface area contributed by atoms with Gasteiger partial charge in [0.25, 0.3) is 0 Å². The summed E-state index contributed by atoms with van der Waals surface area (Å²) < 4.78 is 11.5. The fourth-order valence-corrected chi connectivity index (χ4v) is 1.92. The first kappa shape index (κ1) is 19.6. The zero-order chi connectivity index (χ0) is 17.3. The Bertz CT molecular complexity index is 509. The van der Waals surface area contributed by atoms with E-state index in [0.29, 0.717) is 0 Å². The standard InChI is InChI=1S/C20H30O3/c1-16(10-8-11-17(2)13-21)9-6-7-12-18(3)19-22-14-20(4,5)15-23-19/h6-12,19,21H,13-15H2,1-5H3/b7-6+,10-8+,16-9+,17-11+,18-12+. The summed E-state index contributed by atoms with van der Waals surface area (Å²) >= 11 is 0. The van der Waals surface area contributed by atoms with Crippen LogP contribution in [0.4, 0.5) is 0 Å². The first-order chi connectivity index (χ1) is 10.8. The quantitative estimate of drug-likeness (QED) is 0.741. The maximum atomic E-state index is 8.91. The van der Waals surface area contributed by atoms with Crippen molar-refractivity contribution in [2.45, 2.75) is 40.9 Å². The minimum Gasteiger partial charge on any atom is -0.392 e. The van der Waals surface area contributed by atoms with Gasteiger partial charge in [-0.25, -0.2) is 0 Å². The van der Waals surface area contributed by atoms with E-state index in [4.69, 9.17) is 14.6 Å². The van der Waals surface area contributed by atoms with Crippen molar-refractivity contribution in [3.63, 3.8) is 0 Å². The first-order valence-corrected chi connectivity index (χ1v) is 8.04. The minimum atomic E-state index is -0.232. The van der Waals surface area contributed by atoms with Gasteiger partial charge in [-0.15, -0.1) is 0 Å². The molecule has 0 aromatic rings. The minimum absolute atomic E-state index is 0.0968. The zero-order valence-corrected chi connectivity index (χ0v) is 15.0. The van der Waals surface area contributed by atoms with E-state index in [0.717, 1.165) is 29.9 Å². The van der Waals surface area contributed by atoms with Crippen LogP contribution in [0.2, 0.25) is 0 Å². The molecule has 3 heteroatoms. The molecule has 3 nitrogen and oxygen atoms in total. The topological polar surface area (TPSA) is 38.7 Å². The van der Waals surface area contributed by atoms with Crippen molar-refractivity contribution in [3.8, 4) is 0 Å². The van der Waals surface area contributed by atoms with Gasteiger partial charge in [0.15, 0.2) is 6.29 Å². The molecular formula is C20H30O3. The SMILES string of the molecule is CC(/C=C/C=C(\C)CO)=C\C=C\C=C(/C)C1OCC(C)(C)CO1. The van der Waals surface area contributed by atoms with Crippen LogP contribution in [0.25, 0.3) is 0 Å². The van der Waals surface area contributed by atoms with Crippen LogP contribution in [0, 0.1) is 5.41 Å². The lowest BCUT2D eigenvalue weighted by atomic mass is 9.95. The summed E-state index contributed by atoms with van der Waals surface area (Å²) in [5.41, 5.74) is 3.25. The van der Waals surface area contributed by atoms with Crippen molar-refractivity contribution in [2.75, 3.05) is 19.8 Å². The lowest BCUT2D eigenvalue weighted by Crippen LogP contribution is -2.38. The molecule has 1 aliphatic rings. The lowest BCUT2D eigenvalue weighted by Gasteiger charge is -2.34. The Morgan fingerprint density at radius 1 is 1.00 bits per heavy atom. The largest absolute Gasteiger partial charge is 0.392 e. The molecule has 0 aromatic heterocycles. The summed E-state index contributed by atoms with van der Waals surface area (Å²) in [4.78, 5) is 0. The fraction of sp³-hybridized carbons (Fsp3) is 0.500. The highest BCUT2D eigenvalue weighted by atomic mass is 16.7. The summed E-state index contributed by atoms with van der Waals surface area (Å²) in [6.07, 6.45) is 13.7. The van der Waals surface area contributed by atoms with Gasteiger partial charge in [-0.1, -0.05) is 62.0 Å². The van der Waals surface area contributed by atoms with Crippen molar-refractivity contribution in [3.05, 3.63) is 59.3 Å². The van der Waals surface area contributed by atoms with Crippen LogP contribution in [0.1, 0.15) is 34.6 Å². The number of aliphatic hydroxyl groups is 1. The second kappa shape index (κ2) is 9.66. The van der Waals surface area contributed by atoms with Crippen LogP contribution in [0.3, 0.4) is 0 Å². The Hall–Kier alpha value is -1.42. The smallest absolute Gasteiger partial charge is 0.179 e. The van der Waals surface area contributed by atoms with Gasteiger partial charge >= 0.3 is 0 Å². The Labute approximate surface area is 140 Å². The second-order valence-electron chi connectivity index (χ2n) is 6.85. The summed E-state index contributed by atoms with van der Waals surface area (Å²) in [5.74, 6) is 0. The van der Waals surface area contributed by atoms with E-state index < -0.39 is 0 Å². The molecule has 1 fully saturated rings. The summed E-state index contributed by atoms with van der Waals surface area (Å²) in [6.45, 7) is 11.8. The molecule has 0 aliphatic carbocycles. The third-order valence-electron chi connectivity index (χ3n) is 3.44. The summed E-state index contributed by atoms with van der Waals surface area (Å²) in [7, 11) is 0. The van der Waals surface area contributed by atoms with Crippen molar-refractivity contribution in [1.29, 1.82) is 0 Å². The van der Waals surface area contributed by atoms with E-state index >= 15 is 0 Å². The van der Waals surface area contributed by atoms with Gasteiger partial charge in [-0.05, 0) is 31.9 Å². The number of hydrogen-bond donors (Lipinski definition) is 1. The van der Waals surface area contributed by atoms with Crippen LogP contribution in [0.5, 0.6) is 0 Å². The predicted octanol–water partition coefficient (Wildman–Crippen LogP) is 4.33. The second-order valence-corrected chi connectivity index (χ2v) is 6.85. The Morgan fingerprint density at radius 2 is 1.61 bits per heavy atom. The van der Waals surface area contributed by atoms with E-state index in [1.807, 2.05) is 63.3 Å². The predicted molar refractivity (Wildman–Crippen MR) is 96.1 cm³/mol.